The fraction of sp³-hybridized carbons (Fsp3) is 0. The van der Waals surface area contributed by atoms with E-state index in [2.05, 4.69) is 182 Å². The van der Waals surface area contributed by atoms with Crippen molar-refractivity contribution in [1.82, 2.24) is 0 Å². The van der Waals surface area contributed by atoms with Crippen LogP contribution in [0, 0.1) is 0 Å². The molecule has 3 aromatic heterocycles. The van der Waals surface area contributed by atoms with E-state index in [4.69, 9.17) is 13.3 Å². The normalized spacial score (nSPS) is 12.0. The Morgan fingerprint density at radius 3 is 0.892 bits per heavy atom. The molecule has 0 fully saturated rings. The van der Waals surface area contributed by atoms with Gasteiger partial charge in [0.1, 0.15) is 33.5 Å². The minimum atomic E-state index is 0.885. The van der Waals surface area contributed by atoms with E-state index in [1.165, 1.54) is 49.4 Å². The lowest BCUT2D eigenvalue weighted by atomic mass is 9.84. The van der Waals surface area contributed by atoms with Crippen molar-refractivity contribution in [3.8, 4) is 55.6 Å². The van der Waals surface area contributed by atoms with Crippen LogP contribution in [0.3, 0.4) is 0 Å². The highest BCUT2D eigenvalue weighted by Gasteiger charge is 2.21. The molecular weight excluding hydrogens is 793 g/mol. The third kappa shape index (κ3) is 5.49. The minimum Gasteiger partial charge on any atom is -0.456 e. The molecule has 0 bridgehead atoms. The number of para-hydroxylation sites is 3. The smallest absolute Gasteiger partial charge is 0.135 e. The molecule has 0 aliphatic carbocycles. The molecule has 0 spiro atoms. The van der Waals surface area contributed by atoms with Crippen LogP contribution in [0.2, 0.25) is 0 Å². The van der Waals surface area contributed by atoms with Gasteiger partial charge in [-0.1, -0.05) is 164 Å². The molecule has 14 aromatic rings. The monoisotopic (exact) mass is 828 g/mol. The summed E-state index contributed by atoms with van der Waals surface area (Å²) < 4.78 is 18.8. The lowest BCUT2D eigenvalue weighted by Gasteiger charge is -2.19. The molecule has 3 heteroatoms. The summed E-state index contributed by atoms with van der Waals surface area (Å²) in [6.07, 6.45) is 0. The molecule has 302 valence electrons. The number of hydrogen-bond donors (Lipinski definition) is 0. The summed E-state index contributed by atoms with van der Waals surface area (Å²) >= 11 is 0. The summed E-state index contributed by atoms with van der Waals surface area (Å²) in [5, 5.41) is 11.6. The van der Waals surface area contributed by atoms with E-state index in [0.717, 1.165) is 93.6 Å². The minimum absolute atomic E-state index is 0.885. The molecule has 0 aliphatic heterocycles. The van der Waals surface area contributed by atoms with Crippen LogP contribution in [0.25, 0.3) is 143 Å². The highest BCUT2D eigenvalue weighted by Crippen LogP contribution is 2.47. The van der Waals surface area contributed by atoms with Crippen LogP contribution < -0.4 is 0 Å². The molecular formula is C62H36O3. The van der Waals surface area contributed by atoms with E-state index in [-0.39, 0.29) is 0 Å². The SMILES string of the molecule is c1cc(-c2ccc3oc4ccccc4c3c2)c(-c2ccc(-c3c4ccccc4c(-c4ccc5oc6ccccc6c5c4)c4ccccc34)cc2)c(-c2ccc3oc4ccccc4c3c2)c1. The summed E-state index contributed by atoms with van der Waals surface area (Å²) in [5.74, 6) is 0. The summed E-state index contributed by atoms with van der Waals surface area (Å²) in [6.45, 7) is 0. The first kappa shape index (κ1) is 35.9. The number of hydrogen-bond acceptors (Lipinski definition) is 3. The van der Waals surface area contributed by atoms with Gasteiger partial charge in [-0.25, -0.2) is 0 Å². The molecule has 0 atom stereocenters. The zero-order valence-electron chi connectivity index (χ0n) is 35.0. The third-order valence-corrected chi connectivity index (χ3v) is 13.5. The van der Waals surface area contributed by atoms with Crippen molar-refractivity contribution >= 4 is 87.4 Å². The highest BCUT2D eigenvalue weighted by molar-refractivity contribution is 6.22. The average Bonchev–Trinajstić information content (AvgIpc) is 4.06. The Morgan fingerprint density at radius 2 is 0.477 bits per heavy atom. The Labute approximate surface area is 373 Å². The molecule has 3 nitrogen and oxygen atoms in total. The average molecular weight is 829 g/mol. The maximum atomic E-state index is 6.28. The Morgan fingerprint density at radius 1 is 0.185 bits per heavy atom. The molecule has 11 aromatic carbocycles. The molecule has 0 saturated heterocycles. The van der Waals surface area contributed by atoms with Gasteiger partial charge in [0.25, 0.3) is 0 Å². The van der Waals surface area contributed by atoms with E-state index >= 15 is 0 Å². The third-order valence-electron chi connectivity index (χ3n) is 13.5. The summed E-state index contributed by atoms with van der Waals surface area (Å²) in [4.78, 5) is 0. The van der Waals surface area contributed by atoms with Gasteiger partial charge in [0.15, 0.2) is 0 Å². The van der Waals surface area contributed by atoms with Crippen LogP contribution in [0.4, 0.5) is 0 Å². The molecule has 0 unspecified atom stereocenters. The van der Waals surface area contributed by atoms with Gasteiger partial charge in [-0.3, -0.25) is 0 Å². The van der Waals surface area contributed by atoms with Crippen molar-refractivity contribution in [2.24, 2.45) is 0 Å². The lowest BCUT2D eigenvalue weighted by molar-refractivity contribution is 0.668. The van der Waals surface area contributed by atoms with Gasteiger partial charge >= 0.3 is 0 Å². The zero-order valence-corrected chi connectivity index (χ0v) is 35.0. The Bertz CT molecular complexity index is 4050. The molecule has 65 heavy (non-hydrogen) atoms. The molecule has 0 saturated carbocycles. The van der Waals surface area contributed by atoms with E-state index in [9.17, 15) is 0 Å². The molecule has 0 aliphatic rings. The molecule has 14 rings (SSSR count). The first-order chi connectivity index (χ1) is 32.2. The van der Waals surface area contributed by atoms with Crippen LogP contribution in [-0.4, -0.2) is 0 Å². The first-order valence-corrected chi connectivity index (χ1v) is 22.1. The quantitative estimate of drug-likeness (QED) is 0.162. The van der Waals surface area contributed by atoms with Gasteiger partial charge in [0.05, 0.1) is 0 Å². The zero-order chi connectivity index (χ0) is 42.6. The highest BCUT2D eigenvalue weighted by atomic mass is 16.3. The van der Waals surface area contributed by atoms with Gasteiger partial charge < -0.3 is 13.3 Å². The van der Waals surface area contributed by atoms with Crippen molar-refractivity contribution in [3.05, 3.63) is 218 Å². The van der Waals surface area contributed by atoms with E-state index in [1.807, 2.05) is 36.4 Å². The van der Waals surface area contributed by atoms with Crippen molar-refractivity contribution < 1.29 is 13.3 Å². The van der Waals surface area contributed by atoms with Crippen LogP contribution in [0.15, 0.2) is 232 Å². The van der Waals surface area contributed by atoms with Gasteiger partial charge in [0, 0.05) is 32.3 Å². The number of benzene rings is 11. The maximum Gasteiger partial charge on any atom is 0.135 e. The van der Waals surface area contributed by atoms with Crippen molar-refractivity contribution in [2.45, 2.75) is 0 Å². The van der Waals surface area contributed by atoms with Crippen molar-refractivity contribution in [3.63, 3.8) is 0 Å². The summed E-state index contributed by atoms with van der Waals surface area (Å²) in [7, 11) is 0. The number of rotatable bonds is 5. The predicted octanol–water partition coefficient (Wildman–Crippen LogP) is 18.0. The van der Waals surface area contributed by atoms with Crippen molar-refractivity contribution in [1.29, 1.82) is 0 Å². The van der Waals surface area contributed by atoms with Crippen LogP contribution >= 0.6 is 0 Å². The van der Waals surface area contributed by atoms with Gasteiger partial charge in [-0.2, -0.15) is 0 Å². The second-order valence-electron chi connectivity index (χ2n) is 17.1. The lowest BCUT2D eigenvalue weighted by Crippen LogP contribution is -1.92. The number of fused-ring (bicyclic) bond motifs is 11. The van der Waals surface area contributed by atoms with E-state index in [1.54, 1.807) is 0 Å². The maximum absolute atomic E-state index is 6.28. The Balaban J connectivity index is 0.968. The first-order valence-electron chi connectivity index (χ1n) is 22.1. The van der Waals surface area contributed by atoms with Gasteiger partial charge in [-0.15, -0.1) is 0 Å². The molecule has 0 radical (unpaired) electrons. The van der Waals surface area contributed by atoms with Crippen LogP contribution in [0.1, 0.15) is 0 Å². The second kappa shape index (κ2) is 13.9. The second-order valence-corrected chi connectivity index (χ2v) is 17.1. The topological polar surface area (TPSA) is 39.4 Å². The fourth-order valence-electron chi connectivity index (χ4n) is 10.6. The Kier molecular flexibility index (Phi) is 7.69. The molecule has 0 N–H and O–H groups in total. The van der Waals surface area contributed by atoms with E-state index in [0.29, 0.717) is 0 Å². The Hall–Kier alpha value is -8.66. The standard InChI is InChI=1S/C62H36O3/c1-3-17-49-47(15-1)61(48-16-2-4-18-50(48)62(49)41-30-33-59-53(36-41)46-14-7-10-23-56(46)65-59)38-26-24-37(25-27-38)60-42(39-28-31-57-51(34-39)44-12-5-8-21-54(44)63-57)19-11-20-43(60)40-29-32-58-52(35-40)45-13-6-9-22-55(45)64-58/h1-36H. The molecule has 3 heterocycles. The predicted molar refractivity (Wildman–Crippen MR) is 270 cm³/mol. The van der Waals surface area contributed by atoms with Gasteiger partial charge in [0.2, 0.25) is 0 Å². The molecule has 0 amide bonds. The van der Waals surface area contributed by atoms with Crippen molar-refractivity contribution in [2.75, 3.05) is 0 Å². The fourth-order valence-corrected chi connectivity index (χ4v) is 10.6. The number of furan rings is 3. The van der Waals surface area contributed by atoms with Crippen LogP contribution in [0.5, 0.6) is 0 Å². The van der Waals surface area contributed by atoms with Gasteiger partial charge in [-0.05, 0) is 132 Å². The van der Waals surface area contributed by atoms with Crippen LogP contribution in [-0.2, 0) is 0 Å². The summed E-state index contributed by atoms with van der Waals surface area (Å²) in [5.41, 5.74) is 17.0. The van der Waals surface area contributed by atoms with E-state index < -0.39 is 0 Å². The summed E-state index contributed by atoms with van der Waals surface area (Å²) in [6, 6.07) is 78.4. The largest absolute Gasteiger partial charge is 0.456 e.